The first-order valence-electron chi connectivity index (χ1n) is 6.13. The number of anilines is 3. The Labute approximate surface area is 116 Å². The molecule has 2 rings (SSSR count). The summed E-state index contributed by atoms with van der Waals surface area (Å²) in [6, 6.07) is 6.14. The molecule has 0 fully saturated rings. The summed E-state index contributed by atoms with van der Waals surface area (Å²) < 4.78 is 18.3. The summed E-state index contributed by atoms with van der Waals surface area (Å²) in [5.74, 6) is 0.0977. The lowest BCUT2D eigenvalue weighted by Crippen LogP contribution is -2.17. The zero-order valence-corrected chi connectivity index (χ0v) is 11.5. The Kier molecular flexibility index (Phi) is 3.97. The molecule has 2 N–H and O–H groups in total. The van der Waals surface area contributed by atoms with Crippen LogP contribution in [0.25, 0.3) is 0 Å². The largest absolute Gasteiger partial charge is 0.461 e. The van der Waals surface area contributed by atoms with Gasteiger partial charge in [0, 0.05) is 12.7 Å². The average Bonchev–Trinajstić information content (AvgIpc) is 2.37. The normalized spacial score (nSPS) is 10.7. The number of hydrogen-bond acceptors (Lipinski definition) is 6. The SMILES string of the molecule is CC(C)Oc1nc(N)nc(N(C)c2ccc(F)cc2)n1. The Bertz CT molecular complexity index is 588. The molecule has 1 aromatic heterocycles. The van der Waals surface area contributed by atoms with E-state index >= 15 is 0 Å². The van der Waals surface area contributed by atoms with E-state index < -0.39 is 0 Å². The smallest absolute Gasteiger partial charge is 0.323 e. The fourth-order valence-corrected chi connectivity index (χ4v) is 1.55. The molecule has 0 atom stereocenters. The molecule has 0 aliphatic heterocycles. The molecule has 2 aromatic rings. The summed E-state index contributed by atoms with van der Waals surface area (Å²) in [5, 5.41) is 0. The Morgan fingerprint density at radius 3 is 2.40 bits per heavy atom. The molecule has 1 heterocycles. The summed E-state index contributed by atoms with van der Waals surface area (Å²) in [7, 11) is 1.75. The van der Waals surface area contributed by atoms with Crippen LogP contribution in [0.4, 0.5) is 22.0 Å². The molecule has 0 saturated heterocycles. The maximum atomic E-state index is 12.9. The zero-order chi connectivity index (χ0) is 14.7. The van der Waals surface area contributed by atoms with Crippen LogP contribution in [0.1, 0.15) is 13.8 Å². The molecule has 0 spiro atoms. The van der Waals surface area contributed by atoms with Gasteiger partial charge in [-0.3, -0.25) is 0 Å². The highest BCUT2D eigenvalue weighted by Gasteiger charge is 2.12. The third-order valence-corrected chi connectivity index (χ3v) is 2.48. The fraction of sp³-hybridized carbons (Fsp3) is 0.308. The van der Waals surface area contributed by atoms with Gasteiger partial charge in [0.05, 0.1) is 6.10 Å². The van der Waals surface area contributed by atoms with Crippen molar-refractivity contribution in [3.63, 3.8) is 0 Å². The summed E-state index contributed by atoms with van der Waals surface area (Å²) in [5.41, 5.74) is 6.38. The average molecular weight is 277 g/mol. The standard InChI is InChI=1S/C13H16FN5O/c1-8(2)20-13-17-11(15)16-12(18-13)19(3)10-6-4-9(14)5-7-10/h4-8H,1-3H3,(H2,15,16,17,18). The van der Waals surface area contributed by atoms with Crippen LogP contribution < -0.4 is 15.4 Å². The summed E-state index contributed by atoms with van der Waals surface area (Å²) in [4.78, 5) is 13.8. The van der Waals surface area contributed by atoms with Crippen LogP contribution in [-0.4, -0.2) is 28.1 Å². The lowest BCUT2D eigenvalue weighted by Gasteiger charge is -2.18. The molecule has 0 radical (unpaired) electrons. The monoisotopic (exact) mass is 277 g/mol. The number of halogens is 1. The van der Waals surface area contributed by atoms with Crippen molar-refractivity contribution in [1.82, 2.24) is 15.0 Å². The van der Waals surface area contributed by atoms with Crippen molar-refractivity contribution < 1.29 is 9.13 Å². The second kappa shape index (κ2) is 5.68. The summed E-state index contributed by atoms with van der Waals surface area (Å²) >= 11 is 0. The molecule has 7 heteroatoms. The van der Waals surface area contributed by atoms with Crippen LogP contribution in [0.3, 0.4) is 0 Å². The van der Waals surface area contributed by atoms with E-state index in [2.05, 4.69) is 15.0 Å². The quantitative estimate of drug-likeness (QED) is 0.922. The van der Waals surface area contributed by atoms with E-state index in [1.807, 2.05) is 13.8 Å². The van der Waals surface area contributed by atoms with E-state index in [9.17, 15) is 4.39 Å². The van der Waals surface area contributed by atoms with E-state index in [-0.39, 0.29) is 23.9 Å². The third-order valence-electron chi connectivity index (χ3n) is 2.48. The van der Waals surface area contributed by atoms with E-state index in [0.29, 0.717) is 5.95 Å². The van der Waals surface area contributed by atoms with Crippen molar-refractivity contribution in [3.05, 3.63) is 30.1 Å². The Hall–Kier alpha value is -2.44. The number of nitrogens with two attached hydrogens (primary N) is 1. The first-order chi connectivity index (χ1) is 9.45. The van der Waals surface area contributed by atoms with Gasteiger partial charge >= 0.3 is 6.01 Å². The molecule has 0 aliphatic carbocycles. The van der Waals surface area contributed by atoms with Gasteiger partial charge in [-0.2, -0.15) is 15.0 Å². The fourth-order valence-electron chi connectivity index (χ4n) is 1.55. The highest BCUT2D eigenvalue weighted by atomic mass is 19.1. The predicted octanol–water partition coefficient (Wildman–Crippen LogP) is 2.15. The molecule has 1 aromatic carbocycles. The minimum atomic E-state index is -0.304. The third kappa shape index (κ3) is 3.31. The highest BCUT2D eigenvalue weighted by molar-refractivity contribution is 5.56. The maximum Gasteiger partial charge on any atom is 0.323 e. The van der Waals surface area contributed by atoms with Crippen molar-refractivity contribution in [2.45, 2.75) is 20.0 Å². The molecule has 0 amide bonds. The Morgan fingerprint density at radius 1 is 1.15 bits per heavy atom. The number of rotatable bonds is 4. The van der Waals surface area contributed by atoms with E-state index in [1.54, 1.807) is 24.1 Å². The van der Waals surface area contributed by atoms with Crippen molar-refractivity contribution in [2.75, 3.05) is 17.7 Å². The van der Waals surface area contributed by atoms with Crippen molar-refractivity contribution in [2.24, 2.45) is 0 Å². The highest BCUT2D eigenvalue weighted by Crippen LogP contribution is 2.22. The van der Waals surface area contributed by atoms with Gasteiger partial charge < -0.3 is 15.4 Å². The maximum absolute atomic E-state index is 12.9. The molecule has 106 valence electrons. The van der Waals surface area contributed by atoms with Gasteiger partial charge in [0.15, 0.2) is 0 Å². The lowest BCUT2D eigenvalue weighted by atomic mass is 10.3. The number of nitrogens with zero attached hydrogens (tertiary/aromatic N) is 4. The second-order valence-electron chi connectivity index (χ2n) is 4.48. The van der Waals surface area contributed by atoms with Gasteiger partial charge in [0.2, 0.25) is 11.9 Å². The van der Waals surface area contributed by atoms with Gasteiger partial charge in [0.25, 0.3) is 0 Å². The van der Waals surface area contributed by atoms with Crippen LogP contribution >= 0.6 is 0 Å². The van der Waals surface area contributed by atoms with Crippen LogP contribution in [0, 0.1) is 5.82 Å². The van der Waals surface area contributed by atoms with Crippen molar-refractivity contribution >= 4 is 17.6 Å². The van der Waals surface area contributed by atoms with Gasteiger partial charge in [-0.1, -0.05) is 0 Å². The zero-order valence-electron chi connectivity index (χ0n) is 11.5. The minimum absolute atomic E-state index is 0.0687. The van der Waals surface area contributed by atoms with Crippen molar-refractivity contribution in [3.8, 4) is 6.01 Å². The molecule has 6 nitrogen and oxygen atoms in total. The molecule has 0 aliphatic rings. The van der Waals surface area contributed by atoms with Crippen LogP contribution in [0.15, 0.2) is 24.3 Å². The van der Waals surface area contributed by atoms with Gasteiger partial charge in [-0.05, 0) is 38.1 Å². The molecule has 0 bridgehead atoms. The van der Waals surface area contributed by atoms with Gasteiger partial charge in [0.1, 0.15) is 5.82 Å². The van der Waals surface area contributed by atoms with Crippen LogP contribution in [-0.2, 0) is 0 Å². The summed E-state index contributed by atoms with van der Waals surface area (Å²) in [6.45, 7) is 3.73. The topological polar surface area (TPSA) is 77.2 Å². The number of aromatic nitrogens is 3. The number of hydrogen-bond donors (Lipinski definition) is 1. The van der Waals surface area contributed by atoms with Gasteiger partial charge in [-0.25, -0.2) is 4.39 Å². The van der Waals surface area contributed by atoms with E-state index in [0.717, 1.165) is 5.69 Å². The second-order valence-corrected chi connectivity index (χ2v) is 4.48. The Morgan fingerprint density at radius 2 is 1.80 bits per heavy atom. The number of nitrogen functional groups attached to an aromatic ring is 1. The predicted molar refractivity (Wildman–Crippen MR) is 74.5 cm³/mol. The first kappa shape index (κ1) is 14.0. The molecule has 0 unspecified atom stereocenters. The summed E-state index contributed by atoms with van der Waals surface area (Å²) in [6.07, 6.45) is -0.0687. The molecular formula is C13H16FN5O. The van der Waals surface area contributed by atoms with Crippen LogP contribution in [0.5, 0.6) is 6.01 Å². The molecular weight excluding hydrogens is 261 g/mol. The van der Waals surface area contributed by atoms with Crippen LogP contribution in [0.2, 0.25) is 0 Å². The Balaban J connectivity index is 2.31. The van der Waals surface area contributed by atoms with E-state index in [1.165, 1.54) is 12.1 Å². The lowest BCUT2D eigenvalue weighted by molar-refractivity contribution is 0.222. The molecule has 20 heavy (non-hydrogen) atoms. The van der Waals surface area contributed by atoms with E-state index in [4.69, 9.17) is 10.5 Å². The molecule has 0 saturated carbocycles. The van der Waals surface area contributed by atoms with Crippen molar-refractivity contribution in [1.29, 1.82) is 0 Å². The first-order valence-corrected chi connectivity index (χ1v) is 6.13. The number of benzene rings is 1. The number of ether oxygens (including phenoxy) is 1. The minimum Gasteiger partial charge on any atom is -0.461 e. The van der Waals surface area contributed by atoms with Gasteiger partial charge in [-0.15, -0.1) is 0 Å².